The molecule has 14 heavy (non-hydrogen) atoms. The average Bonchev–Trinajstić information content (AvgIpc) is 2.46. The first-order valence-corrected chi connectivity index (χ1v) is 5.36. The maximum absolute atomic E-state index is 10.9. The van der Waals surface area contributed by atoms with Gasteiger partial charge in [0.2, 0.25) is 0 Å². The molecule has 1 amide bonds. The molecule has 0 bridgehead atoms. The van der Waals surface area contributed by atoms with Crippen LogP contribution in [0.25, 0.3) is 0 Å². The van der Waals surface area contributed by atoms with Crippen LogP contribution >= 0.6 is 0 Å². The zero-order valence-electron chi connectivity index (χ0n) is 8.62. The van der Waals surface area contributed by atoms with Crippen molar-refractivity contribution in [1.29, 1.82) is 0 Å². The molecule has 2 aliphatic heterocycles. The first-order valence-electron chi connectivity index (χ1n) is 5.36. The van der Waals surface area contributed by atoms with Crippen LogP contribution in [0.5, 0.6) is 0 Å². The fourth-order valence-corrected chi connectivity index (χ4v) is 2.93. The lowest BCUT2D eigenvalue weighted by molar-refractivity contribution is 0.106. The molecule has 0 aromatic heterocycles. The minimum atomic E-state index is -0.757. The van der Waals surface area contributed by atoms with Gasteiger partial charge in [0.05, 0.1) is 0 Å². The van der Waals surface area contributed by atoms with Gasteiger partial charge in [-0.2, -0.15) is 0 Å². The largest absolute Gasteiger partial charge is 0.465 e. The van der Waals surface area contributed by atoms with E-state index < -0.39 is 6.09 Å². The Morgan fingerprint density at radius 3 is 2.57 bits per heavy atom. The fraction of sp³-hybridized carbons (Fsp3) is 0.900. The minimum absolute atomic E-state index is 0.196. The summed E-state index contributed by atoms with van der Waals surface area (Å²) in [5, 5.41) is 12.3. The van der Waals surface area contributed by atoms with Gasteiger partial charge in [0.15, 0.2) is 0 Å². The van der Waals surface area contributed by atoms with Crippen LogP contribution in [0.4, 0.5) is 4.79 Å². The predicted octanol–water partition coefficient (Wildman–Crippen LogP) is 1.13. The van der Waals surface area contributed by atoms with Gasteiger partial charge in [0.1, 0.15) is 0 Å². The van der Waals surface area contributed by atoms with E-state index in [9.17, 15) is 4.79 Å². The van der Waals surface area contributed by atoms with Gasteiger partial charge in [-0.05, 0) is 44.7 Å². The molecular formula is C10H18N2O2. The predicted molar refractivity (Wildman–Crippen MR) is 53.3 cm³/mol. The van der Waals surface area contributed by atoms with Gasteiger partial charge in [-0.1, -0.05) is 0 Å². The fourth-order valence-electron chi connectivity index (χ4n) is 2.93. The molecule has 2 fully saturated rings. The highest BCUT2D eigenvalue weighted by molar-refractivity contribution is 5.66. The lowest BCUT2D eigenvalue weighted by Gasteiger charge is -2.38. The molecule has 0 radical (unpaired) electrons. The molecule has 2 saturated heterocycles. The summed E-state index contributed by atoms with van der Waals surface area (Å²) in [6.07, 6.45) is 2.53. The van der Waals surface area contributed by atoms with Crippen molar-refractivity contribution in [3.63, 3.8) is 0 Å². The van der Waals surface area contributed by atoms with Crippen molar-refractivity contribution in [3.8, 4) is 0 Å². The quantitative estimate of drug-likeness (QED) is 0.613. The van der Waals surface area contributed by atoms with E-state index in [1.54, 1.807) is 4.90 Å². The third-order valence-electron chi connectivity index (χ3n) is 4.05. The van der Waals surface area contributed by atoms with E-state index >= 15 is 0 Å². The van der Waals surface area contributed by atoms with Crippen LogP contribution in [-0.4, -0.2) is 41.8 Å². The van der Waals surface area contributed by atoms with E-state index in [-0.39, 0.29) is 11.5 Å². The molecule has 1 atom stereocenters. The number of hydrogen-bond donors (Lipinski definition) is 2. The van der Waals surface area contributed by atoms with E-state index in [1.807, 2.05) is 0 Å². The van der Waals surface area contributed by atoms with Crippen molar-refractivity contribution in [2.24, 2.45) is 5.41 Å². The third-order valence-corrected chi connectivity index (χ3v) is 4.05. The van der Waals surface area contributed by atoms with Crippen LogP contribution in [-0.2, 0) is 0 Å². The number of nitrogens with one attached hydrogen (secondary N) is 1. The lowest BCUT2D eigenvalue weighted by atomic mass is 9.73. The number of amides is 1. The SMILES string of the molecule is CC1N(C(=O)O)CCC12CCNCC2. The number of nitrogens with zero attached hydrogens (tertiary/aromatic N) is 1. The number of hydrogen-bond acceptors (Lipinski definition) is 2. The number of carboxylic acid groups (broad SMARTS) is 1. The standard InChI is InChI=1S/C10H18N2O2/c1-8-10(2-5-11-6-3-10)4-7-12(8)9(13)14/h8,11H,2-7H2,1H3,(H,13,14). The average molecular weight is 198 g/mol. The summed E-state index contributed by atoms with van der Waals surface area (Å²) in [6, 6.07) is 0.196. The molecule has 0 aliphatic carbocycles. The molecule has 1 unspecified atom stereocenters. The molecule has 80 valence electrons. The Bertz CT molecular complexity index is 236. The summed E-state index contributed by atoms with van der Waals surface area (Å²) >= 11 is 0. The molecule has 0 aromatic rings. The Morgan fingerprint density at radius 1 is 1.43 bits per heavy atom. The topological polar surface area (TPSA) is 52.6 Å². The Labute approximate surface area is 84.3 Å². The highest BCUT2D eigenvalue weighted by Crippen LogP contribution is 2.43. The molecule has 0 saturated carbocycles. The Kier molecular flexibility index (Phi) is 2.39. The highest BCUT2D eigenvalue weighted by atomic mass is 16.4. The number of piperidine rings is 1. The summed E-state index contributed by atoms with van der Waals surface area (Å²) in [6.45, 7) is 4.86. The second-order valence-electron chi connectivity index (χ2n) is 4.51. The van der Waals surface area contributed by atoms with Crippen LogP contribution in [0.15, 0.2) is 0 Å². The molecule has 2 rings (SSSR count). The molecule has 2 heterocycles. The maximum atomic E-state index is 10.9. The highest BCUT2D eigenvalue weighted by Gasteiger charge is 2.46. The first-order chi connectivity index (χ1) is 6.66. The first kappa shape index (κ1) is 9.77. The Balaban J connectivity index is 2.11. The maximum Gasteiger partial charge on any atom is 0.407 e. The van der Waals surface area contributed by atoms with E-state index in [0.29, 0.717) is 0 Å². The minimum Gasteiger partial charge on any atom is -0.465 e. The Morgan fingerprint density at radius 2 is 2.07 bits per heavy atom. The van der Waals surface area contributed by atoms with E-state index in [2.05, 4.69) is 12.2 Å². The van der Waals surface area contributed by atoms with Crippen molar-refractivity contribution in [3.05, 3.63) is 0 Å². The van der Waals surface area contributed by atoms with Crippen LogP contribution in [0, 0.1) is 5.41 Å². The molecule has 0 aromatic carbocycles. The number of likely N-dealkylation sites (tertiary alicyclic amines) is 1. The van der Waals surface area contributed by atoms with Crippen molar-refractivity contribution >= 4 is 6.09 Å². The summed E-state index contributed by atoms with van der Waals surface area (Å²) in [4.78, 5) is 12.6. The van der Waals surface area contributed by atoms with Gasteiger partial charge in [-0.15, -0.1) is 0 Å². The summed E-state index contributed by atoms with van der Waals surface area (Å²) in [5.41, 5.74) is 0.267. The van der Waals surface area contributed by atoms with Crippen LogP contribution in [0.3, 0.4) is 0 Å². The molecule has 4 heteroatoms. The van der Waals surface area contributed by atoms with Crippen molar-refractivity contribution in [2.75, 3.05) is 19.6 Å². The van der Waals surface area contributed by atoms with Gasteiger partial charge >= 0.3 is 6.09 Å². The second kappa shape index (κ2) is 3.42. The molecule has 4 nitrogen and oxygen atoms in total. The second-order valence-corrected chi connectivity index (χ2v) is 4.51. The van der Waals surface area contributed by atoms with Crippen molar-refractivity contribution in [2.45, 2.75) is 32.2 Å². The van der Waals surface area contributed by atoms with Gasteiger partial charge in [-0.3, -0.25) is 0 Å². The van der Waals surface area contributed by atoms with Gasteiger partial charge < -0.3 is 15.3 Å². The molecule has 2 aliphatic rings. The number of carbonyl (C=O) groups is 1. The monoisotopic (exact) mass is 198 g/mol. The summed E-state index contributed by atoms with van der Waals surface area (Å²) in [5.74, 6) is 0. The summed E-state index contributed by atoms with van der Waals surface area (Å²) < 4.78 is 0. The van der Waals surface area contributed by atoms with Crippen LogP contribution in [0.1, 0.15) is 26.2 Å². The van der Waals surface area contributed by atoms with E-state index in [0.717, 1.165) is 38.9 Å². The molecule has 2 N–H and O–H groups in total. The van der Waals surface area contributed by atoms with E-state index in [4.69, 9.17) is 5.11 Å². The zero-order valence-corrected chi connectivity index (χ0v) is 8.62. The van der Waals surface area contributed by atoms with Crippen LogP contribution in [0.2, 0.25) is 0 Å². The molecular weight excluding hydrogens is 180 g/mol. The Hall–Kier alpha value is -0.770. The summed E-state index contributed by atoms with van der Waals surface area (Å²) in [7, 11) is 0. The van der Waals surface area contributed by atoms with E-state index in [1.165, 1.54) is 0 Å². The third kappa shape index (κ3) is 1.38. The number of rotatable bonds is 0. The van der Waals surface area contributed by atoms with Crippen molar-refractivity contribution < 1.29 is 9.90 Å². The smallest absolute Gasteiger partial charge is 0.407 e. The van der Waals surface area contributed by atoms with Gasteiger partial charge in [0.25, 0.3) is 0 Å². The lowest BCUT2D eigenvalue weighted by Crippen LogP contribution is -2.45. The normalized spacial score (nSPS) is 30.9. The van der Waals surface area contributed by atoms with Crippen LogP contribution < -0.4 is 5.32 Å². The van der Waals surface area contributed by atoms with Gasteiger partial charge in [-0.25, -0.2) is 4.79 Å². The zero-order chi connectivity index (χ0) is 10.2. The van der Waals surface area contributed by atoms with Gasteiger partial charge in [0, 0.05) is 12.6 Å². The molecule has 1 spiro atoms. The van der Waals surface area contributed by atoms with Crippen molar-refractivity contribution in [1.82, 2.24) is 10.2 Å².